The van der Waals surface area contributed by atoms with Crippen LogP contribution >= 0.6 is 0 Å². The van der Waals surface area contributed by atoms with Crippen LogP contribution in [-0.2, 0) is 10.0 Å². The molecule has 10 nitrogen and oxygen atoms in total. The monoisotopic (exact) mass is 510 g/mol. The molecule has 188 valence electrons. The molecule has 1 N–H and O–H groups in total. The zero-order chi connectivity index (χ0) is 25.1. The Morgan fingerprint density at radius 1 is 1.03 bits per heavy atom. The number of aromatic nitrogens is 2. The fraction of sp³-hybridized carbons (Fsp3) is 0.320. The normalized spacial score (nSPS) is 15.0. The first kappa shape index (κ1) is 24.0. The van der Waals surface area contributed by atoms with Gasteiger partial charge in [0.2, 0.25) is 10.0 Å². The Hall–Kier alpha value is -3.70. The second kappa shape index (κ2) is 10.1. The number of nitrogens with one attached hydrogen (secondary N) is 1. The molecule has 0 saturated carbocycles. The number of nitrogens with zero attached hydrogens (tertiary/aromatic N) is 3. The third-order valence-corrected chi connectivity index (χ3v) is 7.90. The predicted octanol–water partition coefficient (Wildman–Crippen LogP) is 4.70. The van der Waals surface area contributed by atoms with E-state index in [9.17, 15) is 13.2 Å². The van der Waals surface area contributed by atoms with Gasteiger partial charge in [0.05, 0.1) is 11.5 Å². The fourth-order valence-electron chi connectivity index (χ4n) is 4.16. The van der Waals surface area contributed by atoms with Crippen LogP contribution < -0.4 is 10.1 Å². The molecule has 0 aliphatic carbocycles. The first-order valence-electron chi connectivity index (χ1n) is 11.9. The molecule has 1 aliphatic rings. The molecule has 11 heteroatoms. The average Bonchev–Trinajstić information content (AvgIpc) is 3.43. The van der Waals surface area contributed by atoms with Gasteiger partial charge in [-0.2, -0.15) is 4.31 Å². The quantitative estimate of drug-likeness (QED) is 0.379. The highest BCUT2D eigenvalue weighted by Crippen LogP contribution is 2.33. The lowest BCUT2D eigenvalue weighted by Crippen LogP contribution is -2.31. The van der Waals surface area contributed by atoms with Crippen molar-refractivity contribution in [2.75, 3.05) is 25.0 Å². The van der Waals surface area contributed by atoms with E-state index in [4.69, 9.17) is 13.6 Å². The van der Waals surface area contributed by atoms with Gasteiger partial charge in [-0.3, -0.25) is 10.1 Å². The number of fused-ring (bicyclic) bond motifs is 1. The highest BCUT2D eigenvalue weighted by molar-refractivity contribution is 7.89. The number of anilines is 1. The third-order valence-electron chi connectivity index (χ3n) is 5.98. The minimum absolute atomic E-state index is 0.0999. The molecule has 2 aromatic carbocycles. The number of amides is 1. The molecule has 0 atom stereocenters. The summed E-state index contributed by atoms with van der Waals surface area (Å²) in [6.45, 7) is 3.42. The van der Waals surface area contributed by atoms with E-state index in [1.54, 1.807) is 6.07 Å². The largest absolute Gasteiger partial charge is 0.490 e. The maximum atomic E-state index is 12.9. The van der Waals surface area contributed by atoms with Gasteiger partial charge in [0.1, 0.15) is 0 Å². The van der Waals surface area contributed by atoms with E-state index >= 15 is 0 Å². The predicted molar refractivity (Wildman–Crippen MR) is 132 cm³/mol. The van der Waals surface area contributed by atoms with Crippen LogP contribution in [0.2, 0.25) is 0 Å². The molecule has 1 aliphatic heterocycles. The van der Waals surface area contributed by atoms with Gasteiger partial charge in [0, 0.05) is 24.0 Å². The first-order chi connectivity index (χ1) is 17.5. The lowest BCUT2D eigenvalue weighted by molar-refractivity contribution is 0.102. The zero-order valence-electron chi connectivity index (χ0n) is 19.8. The molecular formula is C25H26N4O6S. The van der Waals surface area contributed by atoms with Gasteiger partial charge in [-0.15, -0.1) is 5.10 Å². The molecule has 2 aromatic heterocycles. The SMILES string of the molecule is CCOc1cccc2cc(-c3nnc(NC(=O)c4ccc(S(=O)(=O)N5CCCCCC5)cc4)o3)oc12. The average molecular weight is 511 g/mol. The van der Waals surface area contributed by atoms with Crippen molar-refractivity contribution in [2.24, 2.45) is 0 Å². The Bertz CT molecular complexity index is 1470. The van der Waals surface area contributed by atoms with E-state index in [2.05, 4.69) is 15.5 Å². The Morgan fingerprint density at radius 2 is 1.78 bits per heavy atom. The van der Waals surface area contributed by atoms with Gasteiger partial charge in [0.25, 0.3) is 11.8 Å². The number of carbonyl (C=O) groups excluding carboxylic acids is 1. The lowest BCUT2D eigenvalue weighted by Gasteiger charge is -2.19. The summed E-state index contributed by atoms with van der Waals surface area (Å²) < 4.78 is 44.4. The Morgan fingerprint density at radius 3 is 2.50 bits per heavy atom. The number of hydrogen-bond acceptors (Lipinski definition) is 8. The highest BCUT2D eigenvalue weighted by atomic mass is 32.2. The Kier molecular flexibility index (Phi) is 6.75. The van der Waals surface area contributed by atoms with E-state index < -0.39 is 15.9 Å². The van der Waals surface area contributed by atoms with Gasteiger partial charge in [0.15, 0.2) is 17.1 Å². The Labute approximate surface area is 208 Å². The summed E-state index contributed by atoms with van der Waals surface area (Å²) in [7, 11) is -3.59. The molecule has 5 rings (SSSR count). The van der Waals surface area contributed by atoms with E-state index in [1.165, 1.54) is 28.6 Å². The van der Waals surface area contributed by atoms with Crippen molar-refractivity contribution in [3.8, 4) is 17.4 Å². The molecule has 0 spiro atoms. The second-order valence-corrected chi connectivity index (χ2v) is 10.4. The van der Waals surface area contributed by atoms with Crippen LogP contribution in [0.25, 0.3) is 22.6 Å². The number of rotatable bonds is 7. The number of hydrogen-bond donors (Lipinski definition) is 1. The molecule has 3 heterocycles. The smallest absolute Gasteiger partial charge is 0.322 e. The van der Waals surface area contributed by atoms with Crippen molar-refractivity contribution < 1.29 is 26.8 Å². The van der Waals surface area contributed by atoms with Crippen LogP contribution in [0, 0.1) is 0 Å². The van der Waals surface area contributed by atoms with Crippen molar-refractivity contribution >= 4 is 32.9 Å². The Balaban J connectivity index is 1.29. The summed E-state index contributed by atoms with van der Waals surface area (Å²) >= 11 is 0. The third kappa shape index (κ3) is 4.84. The highest BCUT2D eigenvalue weighted by Gasteiger charge is 2.25. The van der Waals surface area contributed by atoms with Crippen LogP contribution in [0.1, 0.15) is 43.0 Å². The number of ether oxygens (including phenoxy) is 1. The van der Waals surface area contributed by atoms with Crippen molar-refractivity contribution in [1.82, 2.24) is 14.5 Å². The van der Waals surface area contributed by atoms with Crippen LogP contribution in [0.5, 0.6) is 5.75 Å². The summed E-state index contributed by atoms with van der Waals surface area (Å²) in [6.07, 6.45) is 3.78. The first-order valence-corrected chi connectivity index (χ1v) is 13.3. The summed E-state index contributed by atoms with van der Waals surface area (Å²) in [5.41, 5.74) is 0.822. The fourth-order valence-corrected chi connectivity index (χ4v) is 5.68. The number of para-hydroxylation sites is 1. The zero-order valence-corrected chi connectivity index (χ0v) is 20.6. The summed E-state index contributed by atoms with van der Waals surface area (Å²) in [5.74, 6) is 0.541. The maximum Gasteiger partial charge on any atom is 0.322 e. The van der Waals surface area contributed by atoms with E-state index in [0.29, 0.717) is 36.8 Å². The molecule has 0 bridgehead atoms. The van der Waals surface area contributed by atoms with Crippen molar-refractivity contribution in [2.45, 2.75) is 37.5 Å². The number of furan rings is 1. The van der Waals surface area contributed by atoms with Crippen LogP contribution in [0.4, 0.5) is 6.01 Å². The van der Waals surface area contributed by atoms with Gasteiger partial charge < -0.3 is 13.6 Å². The standard InChI is InChI=1S/C25H26N4O6S/c1-2-33-20-9-7-8-18-16-21(34-22(18)20)24-27-28-25(35-24)26-23(30)17-10-12-19(13-11-17)36(31,32)29-14-5-3-4-6-15-29/h7-13,16H,2-6,14-15H2,1H3,(H,26,28,30). The van der Waals surface area contributed by atoms with Crippen LogP contribution in [0.3, 0.4) is 0 Å². The molecule has 1 saturated heterocycles. The van der Waals surface area contributed by atoms with Gasteiger partial charge in [-0.25, -0.2) is 8.42 Å². The topological polar surface area (TPSA) is 128 Å². The number of sulfonamides is 1. The summed E-state index contributed by atoms with van der Waals surface area (Å²) in [6, 6.07) is 13.0. The second-order valence-electron chi connectivity index (χ2n) is 8.43. The molecule has 0 unspecified atom stereocenters. The summed E-state index contributed by atoms with van der Waals surface area (Å²) in [5, 5.41) is 11.2. The van der Waals surface area contributed by atoms with Crippen molar-refractivity contribution in [3.63, 3.8) is 0 Å². The molecule has 1 amide bonds. The van der Waals surface area contributed by atoms with Gasteiger partial charge in [-0.05, 0) is 56.2 Å². The van der Waals surface area contributed by atoms with E-state index in [0.717, 1.165) is 31.1 Å². The van der Waals surface area contributed by atoms with Crippen LogP contribution in [-0.4, -0.2) is 48.5 Å². The van der Waals surface area contributed by atoms with Crippen molar-refractivity contribution in [1.29, 1.82) is 0 Å². The molecule has 1 fully saturated rings. The number of carbonyl (C=O) groups is 1. The molecule has 4 aromatic rings. The van der Waals surface area contributed by atoms with Gasteiger partial charge >= 0.3 is 6.01 Å². The molecule has 36 heavy (non-hydrogen) atoms. The molecular weight excluding hydrogens is 484 g/mol. The van der Waals surface area contributed by atoms with E-state index in [1.807, 2.05) is 25.1 Å². The van der Waals surface area contributed by atoms with Crippen molar-refractivity contribution in [3.05, 3.63) is 54.1 Å². The van der Waals surface area contributed by atoms with Gasteiger partial charge in [-0.1, -0.05) is 30.1 Å². The number of benzene rings is 2. The minimum Gasteiger partial charge on any atom is -0.490 e. The minimum atomic E-state index is -3.59. The molecule has 0 radical (unpaired) electrons. The lowest BCUT2D eigenvalue weighted by atomic mass is 10.2. The maximum absolute atomic E-state index is 12.9. The van der Waals surface area contributed by atoms with Crippen LogP contribution in [0.15, 0.2) is 62.3 Å². The van der Waals surface area contributed by atoms with E-state index in [-0.39, 0.29) is 22.4 Å². The summed E-state index contributed by atoms with van der Waals surface area (Å²) in [4.78, 5) is 12.9.